The maximum atomic E-state index is 12.2. The molecule has 0 radical (unpaired) electrons. The third kappa shape index (κ3) is 4.13. The second-order valence-corrected chi connectivity index (χ2v) is 4.27. The Labute approximate surface area is 117 Å². The summed E-state index contributed by atoms with van der Waals surface area (Å²) in [6.07, 6.45) is 0. The van der Waals surface area contributed by atoms with Gasteiger partial charge >= 0.3 is 5.97 Å². The zero-order valence-electron chi connectivity index (χ0n) is 11.0. The van der Waals surface area contributed by atoms with Crippen molar-refractivity contribution in [2.45, 2.75) is 13.8 Å². The van der Waals surface area contributed by atoms with Crippen molar-refractivity contribution < 1.29 is 14.3 Å². The molecule has 6 heteroatoms. The van der Waals surface area contributed by atoms with E-state index in [-0.39, 0.29) is 12.5 Å². The molecule has 0 atom stereocenters. The molecule has 1 aromatic rings. The highest BCUT2D eigenvalue weighted by Gasteiger charge is 2.18. The van der Waals surface area contributed by atoms with E-state index in [9.17, 15) is 9.59 Å². The van der Waals surface area contributed by atoms with Crippen LogP contribution in [0, 0.1) is 0 Å². The van der Waals surface area contributed by atoms with Crippen molar-refractivity contribution in [2.24, 2.45) is 0 Å². The highest BCUT2D eigenvalue weighted by Crippen LogP contribution is 2.20. The van der Waals surface area contributed by atoms with E-state index < -0.39 is 5.97 Å². The number of likely N-dealkylation sites (N-methyl/N-ethyl adjacent to an activating group) is 1. The van der Waals surface area contributed by atoms with Crippen LogP contribution in [0.5, 0.6) is 0 Å². The van der Waals surface area contributed by atoms with Crippen LogP contribution >= 0.6 is 11.6 Å². The Bertz CT molecular complexity index is 477. The molecular weight excluding hydrogens is 268 g/mol. The molecule has 1 aromatic carbocycles. The number of anilines is 1. The predicted octanol–water partition coefficient (Wildman–Crippen LogP) is 1.95. The molecule has 0 fully saturated rings. The fourth-order valence-corrected chi connectivity index (χ4v) is 1.67. The SMILES string of the molecule is CCOC(=O)CN(CC)C(=O)c1ccc(Cl)c(N)c1. The topological polar surface area (TPSA) is 72.6 Å². The molecule has 0 unspecified atom stereocenters. The van der Waals surface area contributed by atoms with Gasteiger partial charge in [0, 0.05) is 12.1 Å². The fraction of sp³-hybridized carbons (Fsp3) is 0.385. The van der Waals surface area contributed by atoms with E-state index in [2.05, 4.69) is 0 Å². The van der Waals surface area contributed by atoms with E-state index in [1.807, 2.05) is 0 Å². The minimum atomic E-state index is -0.431. The van der Waals surface area contributed by atoms with Crippen LogP contribution in [0.2, 0.25) is 5.02 Å². The number of rotatable bonds is 5. The summed E-state index contributed by atoms with van der Waals surface area (Å²) in [5.41, 5.74) is 6.38. The van der Waals surface area contributed by atoms with E-state index in [0.717, 1.165) is 0 Å². The molecule has 0 bridgehead atoms. The molecule has 0 saturated carbocycles. The van der Waals surface area contributed by atoms with E-state index in [1.165, 1.54) is 11.0 Å². The summed E-state index contributed by atoms with van der Waals surface area (Å²) >= 11 is 5.80. The normalized spacial score (nSPS) is 10.1. The number of halogens is 1. The summed E-state index contributed by atoms with van der Waals surface area (Å²) in [5.74, 6) is -0.710. The number of nitrogen functional groups attached to an aromatic ring is 1. The lowest BCUT2D eigenvalue weighted by Crippen LogP contribution is -2.36. The van der Waals surface area contributed by atoms with Crippen molar-refractivity contribution in [3.8, 4) is 0 Å². The van der Waals surface area contributed by atoms with Gasteiger partial charge in [-0.2, -0.15) is 0 Å². The predicted molar refractivity (Wildman–Crippen MR) is 74.1 cm³/mol. The summed E-state index contributed by atoms with van der Waals surface area (Å²) < 4.78 is 4.82. The van der Waals surface area contributed by atoms with E-state index in [4.69, 9.17) is 22.1 Å². The minimum absolute atomic E-state index is 0.0777. The van der Waals surface area contributed by atoms with Gasteiger partial charge < -0.3 is 15.4 Å². The third-order valence-electron chi connectivity index (χ3n) is 2.54. The highest BCUT2D eigenvalue weighted by molar-refractivity contribution is 6.33. The van der Waals surface area contributed by atoms with Crippen LogP contribution in [0.1, 0.15) is 24.2 Å². The van der Waals surface area contributed by atoms with Gasteiger partial charge in [-0.15, -0.1) is 0 Å². The summed E-state index contributed by atoms with van der Waals surface area (Å²) in [6.45, 7) is 4.12. The number of carbonyl (C=O) groups is 2. The van der Waals surface area contributed by atoms with Gasteiger partial charge in [-0.1, -0.05) is 11.6 Å². The number of ether oxygens (including phenoxy) is 1. The molecule has 0 aliphatic carbocycles. The first-order valence-corrected chi connectivity index (χ1v) is 6.37. The molecule has 5 nitrogen and oxygen atoms in total. The first kappa shape index (κ1) is 15.3. The van der Waals surface area contributed by atoms with Gasteiger partial charge in [-0.3, -0.25) is 9.59 Å². The average molecular weight is 285 g/mol. The number of hydrogen-bond donors (Lipinski definition) is 1. The van der Waals surface area contributed by atoms with Gasteiger partial charge in [-0.05, 0) is 32.0 Å². The van der Waals surface area contributed by atoms with Gasteiger partial charge in [-0.25, -0.2) is 0 Å². The number of benzene rings is 1. The number of amides is 1. The summed E-state index contributed by atoms with van der Waals surface area (Å²) in [5, 5.41) is 0.394. The first-order chi connectivity index (χ1) is 8.99. The van der Waals surface area contributed by atoms with Gasteiger partial charge in [0.15, 0.2) is 0 Å². The largest absolute Gasteiger partial charge is 0.465 e. The Kier molecular flexibility index (Phi) is 5.63. The van der Waals surface area contributed by atoms with Crippen LogP contribution in [-0.4, -0.2) is 36.5 Å². The maximum absolute atomic E-state index is 12.2. The van der Waals surface area contributed by atoms with Gasteiger partial charge in [0.25, 0.3) is 5.91 Å². The van der Waals surface area contributed by atoms with E-state index in [1.54, 1.807) is 26.0 Å². The van der Waals surface area contributed by atoms with Gasteiger partial charge in [0.05, 0.1) is 17.3 Å². The Morgan fingerprint density at radius 3 is 2.58 bits per heavy atom. The average Bonchev–Trinajstić information content (AvgIpc) is 2.38. The van der Waals surface area contributed by atoms with E-state index >= 15 is 0 Å². The van der Waals surface area contributed by atoms with Gasteiger partial charge in [0.1, 0.15) is 6.54 Å². The maximum Gasteiger partial charge on any atom is 0.325 e. The molecule has 19 heavy (non-hydrogen) atoms. The zero-order valence-corrected chi connectivity index (χ0v) is 11.7. The van der Waals surface area contributed by atoms with Crippen molar-refractivity contribution in [2.75, 3.05) is 25.4 Å². The lowest BCUT2D eigenvalue weighted by Gasteiger charge is -2.20. The number of hydrogen-bond acceptors (Lipinski definition) is 4. The standard InChI is InChI=1S/C13H17ClN2O3/c1-3-16(8-12(17)19-4-2)13(18)9-5-6-10(14)11(15)7-9/h5-7H,3-4,8,15H2,1-2H3. The minimum Gasteiger partial charge on any atom is -0.465 e. The second kappa shape index (κ2) is 6.99. The van der Waals surface area contributed by atoms with Crippen molar-refractivity contribution in [1.29, 1.82) is 0 Å². The Morgan fingerprint density at radius 2 is 2.05 bits per heavy atom. The summed E-state index contributed by atoms with van der Waals surface area (Å²) in [7, 11) is 0. The molecule has 0 spiro atoms. The van der Waals surface area contributed by atoms with Crippen LogP contribution in [0.25, 0.3) is 0 Å². The molecule has 0 heterocycles. The van der Waals surface area contributed by atoms with Crippen LogP contribution in [0.4, 0.5) is 5.69 Å². The van der Waals surface area contributed by atoms with E-state index in [0.29, 0.717) is 29.4 Å². The molecule has 104 valence electrons. The molecular formula is C13H17ClN2O3. The quantitative estimate of drug-likeness (QED) is 0.662. The number of esters is 1. The Morgan fingerprint density at radius 1 is 1.37 bits per heavy atom. The Hall–Kier alpha value is -1.75. The highest BCUT2D eigenvalue weighted by atomic mass is 35.5. The van der Waals surface area contributed by atoms with Crippen molar-refractivity contribution in [3.05, 3.63) is 28.8 Å². The molecule has 1 amide bonds. The van der Waals surface area contributed by atoms with Crippen molar-refractivity contribution in [1.82, 2.24) is 4.90 Å². The molecule has 0 saturated heterocycles. The molecule has 2 N–H and O–H groups in total. The van der Waals surface area contributed by atoms with Crippen molar-refractivity contribution in [3.63, 3.8) is 0 Å². The molecule has 0 aromatic heterocycles. The first-order valence-electron chi connectivity index (χ1n) is 5.99. The van der Waals surface area contributed by atoms with Crippen LogP contribution in [0.15, 0.2) is 18.2 Å². The van der Waals surface area contributed by atoms with Crippen LogP contribution in [0.3, 0.4) is 0 Å². The summed E-state index contributed by atoms with van der Waals surface area (Å²) in [4.78, 5) is 25.0. The van der Waals surface area contributed by atoms with Crippen LogP contribution < -0.4 is 5.73 Å². The van der Waals surface area contributed by atoms with Crippen LogP contribution in [-0.2, 0) is 9.53 Å². The molecule has 0 aliphatic heterocycles. The number of carbonyl (C=O) groups excluding carboxylic acids is 2. The lowest BCUT2D eigenvalue weighted by molar-refractivity contribution is -0.143. The second-order valence-electron chi connectivity index (χ2n) is 3.86. The number of nitrogens with two attached hydrogens (primary N) is 1. The molecule has 1 rings (SSSR count). The zero-order chi connectivity index (χ0) is 14.4. The van der Waals surface area contributed by atoms with Gasteiger partial charge in [0.2, 0.25) is 0 Å². The third-order valence-corrected chi connectivity index (χ3v) is 2.88. The molecule has 0 aliphatic rings. The Balaban J connectivity index is 2.83. The monoisotopic (exact) mass is 284 g/mol. The lowest BCUT2D eigenvalue weighted by atomic mass is 10.1. The fourth-order valence-electron chi connectivity index (χ4n) is 1.55. The number of nitrogens with zero attached hydrogens (tertiary/aromatic N) is 1. The summed E-state index contributed by atoms with van der Waals surface area (Å²) in [6, 6.07) is 4.63. The smallest absolute Gasteiger partial charge is 0.325 e. The van der Waals surface area contributed by atoms with Crippen molar-refractivity contribution >= 4 is 29.2 Å².